The number of rotatable bonds is 7. The van der Waals surface area contributed by atoms with Crippen molar-refractivity contribution >= 4 is 35.0 Å². The second-order valence-corrected chi connectivity index (χ2v) is 8.03. The van der Waals surface area contributed by atoms with Gasteiger partial charge in [0.05, 0.1) is 0 Å². The lowest BCUT2D eigenvalue weighted by Crippen LogP contribution is -2.12. The van der Waals surface area contributed by atoms with Crippen LogP contribution in [0.25, 0.3) is 0 Å². The van der Waals surface area contributed by atoms with Gasteiger partial charge in [0.2, 0.25) is 0 Å². The summed E-state index contributed by atoms with van der Waals surface area (Å²) in [5.74, 6) is 1.50. The van der Waals surface area contributed by atoms with Crippen LogP contribution in [-0.4, -0.2) is 14.8 Å². The highest BCUT2D eigenvalue weighted by Gasteiger charge is 2.20. The van der Waals surface area contributed by atoms with Crippen molar-refractivity contribution in [2.24, 2.45) is 0 Å². The number of aryl methyl sites for hydroxylation is 1. The van der Waals surface area contributed by atoms with E-state index in [1.807, 2.05) is 37.5 Å². The fourth-order valence-corrected chi connectivity index (χ4v) is 4.38. The first-order chi connectivity index (χ1) is 13.4. The minimum atomic E-state index is -0.322. The maximum Gasteiger partial charge on any atom is 0.191 e. The predicted octanol–water partition coefficient (Wildman–Crippen LogP) is 6.48. The van der Waals surface area contributed by atoms with Crippen LogP contribution in [0, 0.1) is 12.7 Å². The molecule has 1 aromatic heterocycles. The third-order valence-electron chi connectivity index (χ3n) is 4.27. The van der Waals surface area contributed by atoms with Gasteiger partial charge in [-0.3, -0.25) is 0 Å². The van der Waals surface area contributed by atoms with Gasteiger partial charge in [-0.2, -0.15) is 0 Å². The van der Waals surface area contributed by atoms with E-state index in [1.54, 1.807) is 18.2 Å². The summed E-state index contributed by atoms with van der Waals surface area (Å²) < 4.78 is 22.0. The van der Waals surface area contributed by atoms with Crippen molar-refractivity contribution < 1.29 is 9.13 Å². The van der Waals surface area contributed by atoms with E-state index in [0.717, 1.165) is 11.3 Å². The number of ether oxygens (including phenoxy) is 1. The van der Waals surface area contributed by atoms with Crippen LogP contribution in [0.1, 0.15) is 36.9 Å². The second kappa shape index (κ2) is 9.16. The molecule has 8 heteroatoms. The van der Waals surface area contributed by atoms with Gasteiger partial charge in [-0.15, -0.1) is 10.2 Å². The Balaban J connectivity index is 1.77. The van der Waals surface area contributed by atoms with Crippen LogP contribution in [-0.2, 0) is 12.3 Å². The molecule has 28 heavy (non-hydrogen) atoms. The van der Waals surface area contributed by atoms with Crippen molar-refractivity contribution in [3.63, 3.8) is 0 Å². The maximum atomic E-state index is 14.0. The zero-order chi connectivity index (χ0) is 20.3. The standard InChI is InChI=1S/C20H20Cl2FN3OS/c1-4-26-19(13(3)27-18-9-8-14(21)10-12(18)2)24-25-20(26)28-11-15-16(22)6-5-7-17(15)23/h5-10,13H,4,11H2,1-3H3. The number of aromatic nitrogens is 3. The van der Waals surface area contributed by atoms with Gasteiger partial charge < -0.3 is 9.30 Å². The first-order valence-corrected chi connectivity index (χ1v) is 10.6. The molecule has 0 N–H and O–H groups in total. The molecule has 1 atom stereocenters. The van der Waals surface area contributed by atoms with Gasteiger partial charge in [-0.25, -0.2) is 4.39 Å². The van der Waals surface area contributed by atoms with Gasteiger partial charge in [-0.05, 0) is 56.7 Å². The smallest absolute Gasteiger partial charge is 0.191 e. The predicted molar refractivity (Wildman–Crippen MR) is 112 cm³/mol. The molecule has 4 nitrogen and oxygen atoms in total. The van der Waals surface area contributed by atoms with Gasteiger partial charge in [0.25, 0.3) is 0 Å². The normalized spacial score (nSPS) is 12.2. The highest BCUT2D eigenvalue weighted by Crippen LogP contribution is 2.31. The van der Waals surface area contributed by atoms with Gasteiger partial charge in [0.15, 0.2) is 17.1 Å². The molecule has 0 saturated carbocycles. The molecular weight excluding hydrogens is 420 g/mol. The quantitative estimate of drug-likeness (QED) is 0.394. The summed E-state index contributed by atoms with van der Waals surface area (Å²) in [5.41, 5.74) is 1.41. The summed E-state index contributed by atoms with van der Waals surface area (Å²) in [6, 6.07) is 10.2. The summed E-state index contributed by atoms with van der Waals surface area (Å²) >= 11 is 13.5. The molecule has 3 aromatic rings. The van der Waals surface area contributed by atoms with Crippen LogP contribution in [0.15, 0.2) is 41.6 Å². The monoisotopic (exact) mass is 439 g/mol. The molecule has 0 aliphatic heterocycles. The van der Waals surface area contributed by atoms with E-state index < -0.39 is 0 Å². The van der Waals surface area contributed by atoms with E-state index in [2.05, 4.69) is 10.2 Å². The van der Waals surface area contributed by atoms with E-state index in [0.29, 0.717) is 38.9 Å². The summed E-state index contributed by atoms with van der Waals surface area (Å²) in [5, 5.41) is 10.3. The van der Waals surface area contributed by atoms with Crippen LogP contribution >= 0.6 is 35.0 Å². The Bertz CT molecular complexity index is 960. The Kier molecular flexibility index (Phi) is 6.86. The van der Waals surface area contributed by atoms with Crippen LogP contribution in [0.2, 0.25) is 10.0 Å². The molecule has 0 aliphatic rings. The van der Waals surface area contributed by atoms with E-state index in [-0.39, 0.29) is 11.9 Å². The largest absolute Gasteiger partial charge is 0.482 e. The molecule has 148 valence electrons. The first-order valence-electron chi connectivity index (χ1n) is 8.82. The average molecular weight is 440 g/mol. The highest BCUT2D eigenvalue weighted by molar-refractivity contribution is 7.98. The molecule has 1 heterocycles. The van der Waals surface area contributed by atoms with Crippen molar-refractivity contribution in [3.05, 3.63) is 69.2 Å². The zero-order valence-electron chi connectivity index (χ0n) is 15.7. The van der Waals surface area contributed by atoms with Crippen molar-refractivity contribution in [2.75, 3.05) is 0 Å². The van der Waals surface area contributed by atoms with Crippen LogP contribution < -0.4 is 4.74 Å². The number of thioether (sulfide) groups is 1. The number of hydrogen-bond acceptors (Lipinski definition) is 4. The lowest BCUT2D eigenvalue weighted by molar-refractivity contribution is 0.208. The molecule has 0 aliphatic carbocycles. The molecule has 0 radical (unpaired) electrons. The first kappa shape index (κ1) is 21.0. The van der Waals surface area contributed by atoms with E-state index in [4.69, 9.17) is 27.9 Å². The van der Waals surface area contributed by atoms with Gasteiger partial charge in [-0.1, -0.05) is 41.0 Å². The Morgan fingerprint density at radius 3 is 2.68 bits per heavy atom. The minimum absolute atomic E-state index is 0.307. The average Bonchev–Trinajstić information content (AvgIpc) is 3.06. The molecule has 0 amide bonds. The Morgan fingerprint density at radius 2 is 2.00 bits per heavy atom. The number of benzene rings is 2. The van der Waals surface area contributed by atoms with Crippen molar-refractivity contribution in [2.45, 2.75) is 44.3 Å². The Morgan fingerprint density at radius 1 is 1.21 bits per heavy atom. The summed E-state index contributed by atoms with van der Waals surface area (Å²) in [7, 11) is 0. The van der Waals surface area contributed by atoms with Gasteiger partial charge >= 0.3 is 0 Å². The summed E-state index contributed by atoms with van der Waals surface area (Å²) in [4.78, 5) is 0. The molecule has 0 saturated heterocycles. The van der Waals surface area contributed by atoms with Crippen molar-refractivity contribution in [1.82, 2.24) is 14.8 Å². The third kappa shape index (κ3) is 4.62. The number of hydrogen-bond donors (Lipinski definition) is 0. The Labute approximate surface area is 178 Å². The topological polar surface area (TPSA) is 39.9 Å². The van der Waals surface area contributed by atoms with E-state index >= 15 is 0 Å². The molecule has 0 bridgehead atoms. The lowest BCUT2D eigenvalue weighted by atomic mass is 10.2. The van der Waals surface area contributed by atoms with E-state index in [1.165, 1.54) is 17.8 Å². The second-order valence-electron chi connectivity index (χ2n) is 6.24. The molecule has 0 fully saturated rings. The molecule has 1 unspecified atom stereocenters. The molecular formula is C20H20Cl2FN3OS. The SMILES string of the molecule is CCn1c(SCc2c(F)cccc2Cl)nnc1C(C)Oc1ccc(Cl)cc1C. The number of nitrogens with zero attached hydrogens (tertiary/aromatic N) is 3. The minimum Gasteiger partial charge on any atom is -0.482 e. The van der Waals surface area contributed by atoms with Crippen LogP contribution in [0.5, 0.6) is 5.75 Å². The molecule has 0 spiro atoms. The van der Waals surface area contributed by atoms with Crippen LogP contribution in [0.4, 0.5) is 4.39 Å². The Hall–Kier alpha value is -1.76. The fourth-order valence-electron chi connectivity index (χ4n) is 2.80. The fraction of sp³-hybridized carbons (Fsp3) is 0.300. The summed E-state index contributed by atoms with van der Waals surface area (Å²) in [6.45, 7) is 6.54. The number of halogens is 3. The molecule has 2 aromatic carbocycles. The van der Waals surface area contributed by atoms with Gasteiger partial charge in [0.1, 0.15) is 11.6 Å². The van der Waals surface area contributed by atoms with Gasteiger partial charge in [0, 0.05) is 27.9 Å². The lowest BCUT2D eigenvalue weighted by Gasteiger charge is -2.17. The van der Waals surface area contributed by atoms with Crippen LogP contribution in [0.3, 0.4) is 0 Å². The summed E-state index contributed by atoms with van der Waals surface area (Å²) in [6.07, 6.45) is -0.307. The zero-order valence-corrected chi connectivity index (χ0v) is 18.1. The highest BCUT2D eigenvalue weighted by atomic mass is 35.5. The third-order valence-corrected chi connectivity index (χ3v) is 5.86. The van der Waals surface area contributed by atoms with E-state index in [9.17, 15) is 4.39 Å². The molecule has 3 rings (SSSR count). The maximum absolute atomic E-state index is 14.0. The van der Waals surface area contributed by atoms with Crippen molar-refractivity contribution in [1.29, 1.82) is 0 Å². The van der Waals surface area contributed by atoms with Crippen molar-refractivity contribution in [3.8, 4) is 5.75 Å².